The van der Waals surface area contributed by atoms with Crippen LogP contribution in [0.15, 0.2) is 36.5 Å². The SMILES string of the molecule is CC(C)(C)c1ccccc1Nc1ccnc(N2CCC3(CC2)OCCO3)n1. The third kappa shape index (κ3) is 3.92. The number of nitrogens with zero attached hydrogens (tertiary/aromatic N) is 3. The Hall–Kier alpha value is -2.18. The molecular weight excluding hydrogens is 340 g/mol. The van der Waals surface area contributed by atoms with Crippen LogP contribution in [0, 0.1) is 0 Å². The zero-order valence-electron chi connectivity index (χ0n) is 16.4. The van der Waals surface area contributed by atoms with E-state index in [-0.39, 0.29) is 11.2 Å². The molecule has 2 saturated heterocycles. The molecule has 3 heterocycles. The van der Waals surface area contributed by atoms with Gasteiger partial charge in [-0.15, -0.1) is 0 Å². The average Bonchev–Trinajstić information content (AvgIpc) is 3.10. The summed E-state index contributed by atoms with van der Waals surface area (Å²) in [7, 11) is 0. The van der Waals surface area contributed by atoms with Crippen molar-refractivity contribution in [1.82, 2.24) is 9.97 Å². The summed E-state index contributed by atoms with van der Waals surface area (Å²) in [6.07, 6.45) is 3.51. The molecule has 0 aliphatic carbocycles. The summed E-state index contributed by atoms with van der Waals surface area (Å²) < 4.78 is 11.6. The fourth-order valence-corrected chi connectivity index (χ4v) is 3.79. The number of aromatic nitrogens is 2. The number of piperidine rings is 1. The Morgan fingerprint density at radius 2 is 1.74 bits per heavy atom. The smallest absolute Gasteiger partial charge is 0.227 e. The van der Waals surface area contributed by atoms with Gasteiger partial charge in [-0.05, 0) is 23.1 Å². The summed E-state index contributed by atoms with van der Waals surface area (Å²) in [6.45, 7) is 9.72. The minimum Gasteiger partial charge on any atom is -0.347 e. The lowest BCUT2D eigenvalue weighted by atomic mass is 9.86. The highest BCUT2D eigenvalue weighted by molar-refractivity contribution is 5.62. The fourth-order valence-electron chi connectivity index (χ4n) is 3.79. The number of anilines is 3. The summed E-state index contributed by atoms with van der Waals surface area (Å²) in [5.74, 6) is 1.18. The first-order chi connectivity index (χ1) is 13.0. The van der Waals surface area contributed by atoms with E-state index in [1.807, 2.05) is 18.3 Å². The first-order valence-corrected chi connectivity index (χ1v) is 9.68. The monoisotopic (exact) mass is 368 g/mol. The predicted molar refractivity (Wildman–Crippen MR) is 107 cm³/mol. The van der Waals surface area contributed by atoms with E-state index in [4.69, 9.17) is 14.5 Å². The Labute approximate surface area is 160 Å². The Bertz CT molecular complexity index is 787. The van der Waals surface area contributed by atoms with Crippen LogP contribution in [-0.2, 0) is 14.9 Å². The van der Waals surface area contributed by atoms with Crippen LogP contribution < -0.4 is 10.2 Å². The van der Waals surface area contributed by atoms with Crippen molar-refractivity contribution in [3.63, 3.8) is 0 Å². The molecule has 1 aromatic carbocycles. The molecule has 144 valence electrons. The zero-order chi connectivity index (χ0) is 18.9. The summed E-state index contributed by atoms with van der Waals surface area (Å²) >= 11 is 0. The lowest BCUT2D eigenvalue weighted by Gasteiger charge is -2.37. The standard InChI is InChI=1S/C21H28N4O2/c1-20(2,3)16-6-4-5-7-17(16)23-18-8-11-22-19(24-18)25-12-9-21(10-13-25)26-14-15-27-21/h4-8,11H,9-10,12-15H2,1-3H3,(H,22,23,24). The van der Waals surface area contributed by atoms with E-state index in [9.17, 15) is 0 Å². The first-order valence-electron chi connectivity index (χ1n) is 9.68. The van der Waals surface area contributed by atoms with Crippen molar-refractivity contribution in [3.8, 4) is 0 Å². The number of benzene rings is 1. The van der Waals surface area contributed by atoms with E-state index in [2.05, 4.69) is 54.2 Å². The molecule has 1 aromatic heterocycles. The molecule has 4 rings (SSSR count). The molecule has 2 aliphatic rings. The van der Waals surface area contributed by atoms with Gasteiger partial charge in [-0.2, -0.15) is 4.98 Å². The van der Waals surface area contributed by atoms with Crippen LogP contribution in [0.2, 0.25) is 0 Å². The van der Waals surface area contributed by atoms with E-state index in [0.717, 1.165) is 43.4 Å². The van der Waals surface area contributed by atoms with E-state index in [1.165, 1.54) is 5.56 Å². The normalized spacial score (nSPS) is 19.4. The molecule has 1 spiro atoms. The molecule has 0 bridgehead atoms. The minimum absolute atomic E-state index is 0.0575. The molecular formula is C21H28N4O2. The van der Waals surface area contributed by atoms with Gasteiger partial charge < -0.3 is 19.7 Å². The molecule has 2 aromatic rings. The predicted octanol–water partition coefficient (Wildman–Crippen LogP) is 3.86. The van der Waals surface area contributed by atoms with Crippen molar-refractivity contribution in [2.24, 2.45) is 0 Å². The van der Waals surface area contributed by atoms with Crippen LogP contribution in [0.4, 0.5) is 17.5 Å². The number of rotatable bonds is 3. The lowest BCUT2D eigenvalue weighted by molar-refractivity contribution is -0.169. The third-order valence-electron chi connectivity index (χ3n) is 5.26. The van der Waals surface area contributed by atoms with Gasteiger partial charge in [0.15, 0.2) is 5.79 Å². The Kier molecular flexibility index (Phi) is 4.78. The molecule has 1 N–H and O–H groups in total. The molecule has 2 aliphatic heterocycles. The van der Waals surface area contributed by atoms with Crippen LogP contribution in [0.25, 0.3) is 0 Å². The largest absolute Gasteiger partial charge is 0.347 e. The first kappa shape index (κ1) is 18.2. The van der Waals surface area contributed by atoms with Gasteiger partial charge in [-0.25, -0.2) is 4.98 Å². The number of para-hydroxylation sites is 1. The highest BCUT2D eigenvalue weighted by atomic mass is 16.7. The molecule has 2 fully saturated rings. The van der Waals surface area contributed by atoms with Gasteiger partial charge in [0.05, 0.1) is 13.2 Å². The van der Waals surface area contributed by atoms with Crippen LogP contribution in [-0.4, -0.2) is 42.1 Å². The van der Waals surface area contributed by atoms with Crippen molar-refractivity contribution in [2.75, 3.05) is 36.5 Å². The van der Waals surface area contributed by atoms with Crippen LogP contribution in [0.5, 0.6) is 0 Å². The fraction of sp³-hybridized carbons (Fsp3) is 0.524. The van der Waals surface area contributed by atoms with Gasteiger partial charge in [-0.3, -0.25) is 0 Å². The highest BCUT2D eigenvalue weighted by Gasteiger charge is 2.40. The number of hydrogen-bond acceptors (Lipinski definition) is 6. The molecule has 27 heavy (non-hydrogen) atoms. The molecule has 0 saturated carbocycles. The Morgan fingerprint density at radius 1 is 1.04 bits per heavy atom. The van der Waals surface area contributed by atoms with Gasteiger partial charge in [0.25, 0.3) is 0 Å². The minimum atomic E-state index is -0.377. The molecule has 0 amide bonds. The van der Waals surface area contributed by atoms with E-state index in [1.54, 1.807) is 0 Å². The summed E-state index contributed by atoms with van der Waals surface area (Å²) in [4.78, 5) is 11.4. The molecule has 0 unspecified atom stereocenters. The molecule has 0 atom stereocenters. The van der Waals surface area contributed by atoms with Crippen molar-refractivity contribution in [1.29, 1.82) is 0 Å². The van der Waals surface area contributed by atoms with Crippen LogP contribution >= 0.6 is 0 Å². The van der Waals surface area contributed by atoms with E-state index >= 15 is 0 Å². The van der Waals surface area contributed by atoms with E-state index < -0.39 is 0 Å². The van der Waals surface area contributed by atoms with Gasteiger partial charge in [0.1, 0.15) is 5.82 Å². The summed E-state index contributed by atoms with van der Waals surface area (Å²) in [5.41, 5.74) is 2.41. The number of nitrogens with one attached hydrogen (secondary N) is 1. The molecule has 0 radical (unpaired) electrons. The van der Waals surface area contributed by atoms with Crippen molar-refractivity contribution in [3.05, 3.63) is 42.1 Å². The Balaban J connectivity index is 1.49. The number of hydrogen-bond donors (Lipinski definition) is 1. The molecule has 6 heteroatoms. The topological polar surface area (TPSA) is 59.5 Å². The third-order valence-corrected chi connectivity index (χ3v) is 5.26. The second kappa shape index (κ2) is 7.09. The zero-order valence-corrected chi connectivity index (χ0v) is 16.4. The maximum absolute atomic E-state index is 5.81. The Morgan fingerprint density at radius 3 is 2.44 bits per heavy atom. The van der Waals surface area contributed by atoms with Gasteiger partial charge in [-0.1, -0.05) is 39.0 Å². The van der Waals surface area contributed by atoms with Gasteiger partial charge in [0, 0.05) is 37.8 Å². The maximum atomic E-state index is 5.81. The summed E-state index contributed by atoms with van der Waals surface area (Å²) in [5, 5.41) is 3.48. The van der Waals surface area contributed by atoms with Crippen molar-refractivity contribution < 1.29 is 9.47 Å². The lowest BCUT2D eigenvalue weighted by Crippen LogP contribution is -2.45. The van der Waals surface area contributed by atoms with Crippen LogP contribution in [0.3, 0.4) is 0 Å². The second-order valence-corrected chi connectivity index (χ2v) is 8.26. The van der Waals surface area contributed by atoms with E-state index in [0.29, 0.717) is 13.2 Å². The van der Waals surface area contributed by atoms with Gasteiger partial charge in [0.2, 0.25) is 5.95 Å². The average molecular weight is 368 g/mol. The highest BCUT2D eigenvalue weighted by Crippen LogP contribution is 2.33. The van der Waals surface area contributed by atoms with Crippen molar-refractivity contribution >= 4 is 17.5 Å². The van der Waals surface area contributed by atoms with Crippen LogP contribution in [0.1, 0.15) is 39.2 Å². The van der Waals surface area contributed by atoms with Gasteiger partial charge >= 0.3 is 0 Å². The second-order valence-electron chi connectivity index (χ2n) is 8.26. The maximum Gasteiger partial charge on any atom is 0.227 e. The van der Waals surface area contributed by atoms with Crippen molar-refractivity contribution in [2.45, 2.75) is 44.8 Å². The number of ether oxygens (including phenoxy) is 2. The summed E-state index contributed by atoms with van der Waals surface area (Å²) in [6, 6.07) is 10.3. The molecule has 6 nitrogen and oxygen atoms in total. The quantitative estimate of drug-likeness (QED) is 0.888.